The fraction of sp³-hybridized carbons (Fsp3) is 0.265. The molecule has 1 aliphatic heterocycles. The first-order valence-electron chi connectivity index (χ1n) is 14.9. The van der Waals surface area contributed by atoms with E-state index in [1.165, 1.54) is 25.3 Å². The number of anilines is 3. The van der Waals surface area contributed by atoms with E-state index in [1.54, 1.807) is 59.0 Å². The van der Waals surface area contributed by atoms with Gasteiger partial charge in [0.05, 0.1) is 40.6 Å². The van der Waals surface area contributed by atoms with Crippen LogP contribution >= 0.6 is 0 Å². The number of nitrogens with one attached hydrogen (secondary N) is 2. The maximum atomic E-state index is 16.6. The smallest absolute Gasteiger partial charge is 0.350 e. The van der Waals surface area contributed by atoms with Crippen LogP contribution in [0.15, 0.2) is 67.3 Å². The zero-order valence-corrected chi connectivity index (χ0v) is 26.0. The summed E-state index contributed by atoms with van der Waals surface area (Å²) in [6.45, 7) is 3.35. The lowest BCUT2D eigenvalue weighted by Crippen LogP contribution is -2.44. The van der Waals surface area contributed by atoms with Gasteiger partial charge >= 0.3 is 6.18 Å². The van der Waals surface area contributed by atoms with E-state index in [0.717, 1.165) is 5.69 Å². The maximum absolute atomic E-state index is 16.6. The van der Waals surface area contributed by atoms with Crippen molar-refractivity contribution in [3.63, 3.8) is 0 Å². The predicted molar refractivity (Wildman–Crippen MR) is 171 cm³/mol. The number of hydrogen-bond donors (Lipinski definition) is 2. The van der Waals surface area contributed by atoms with Crippen molar-refractivity contribution in [3.05, 3.63) is 107 Å². The summed E-state index contributed by atoms with van der Waals surface area (Å²) in [5, 5.41) is 9.80. The molecule has 0 saturated carbocycles. The van der Waals surface area contributed by atoms with E-state index in [9.17, 15) is 18.0 Å². The van der Waals surface area contributed by atoms with E-state index in [2.05, 4.69) is 37.5 Å². The van der Waals surface area contributed by atoms with Gasteiger partial charge in [-0.15, -0.1) is 0 Å². The summed E-state index contributed by atoms with van der Waals surface area (Å²) >= 11 is 0. The number of hydrogen-bond acceptors (Lipinski definition) is 6. The maximum Gasteiger partial charge on any atom is 0.417 e. The second-order valence-electron chi connectivity index (χ2n) is 11.5. The van der Waals surface area contributed by atoms with E-state index in [4.69, 9.17) is 0 Å². The first kappa shape index (κ1) is 31.8. The van der Waals surface area contributed by atoms with Crippen molar-refractivity contribution in [1.29, 1.82) is 0 Å². The third-order valence-corrected chi connectivity index (χ3v) is 8.16. The number of aryl methyl sites for hydroxylation is 1. The number of nitrogens with zero attached hydrogens (tertiary/aromatic N) is 6. The van der Waals surface area contributed by atoms with E-state index in [1.807, 2.05) is 18.0 Å². The predicted octanol–water partition coefficient (Wildman–Crippen LogP) is 5.68. The zero-order valence-electron chi connectivity index (χ0n) is 26.0. The first-order chi connectivity index (χ1) is 22.5. The molecule has 1 aliphatic rings. The minimum absolute atomic E-state index is 0.163. The number of aromatic nitrogens is 4. The Morgan fingerprint density at radius 3 is 2.43 bits per heavy atom. The van der Waals surface area contributed by atoms with E-state index in [-0.39, 0.29) is 17.7 Å². The number of fused-ring (bicyclic) bond motifs is 1. The Morgan fingerprint density at radius 2 is 1.74 bits per heavy atom. The highest BCUT2D eigenvalue weighted by atomic mass is 19.4. The topological polar surface area (TPSA) is 82.7 Å². The van der Waals surface area contributed by atoms with Gasteiger partial charge in [0.2, 0.25) is 0 Å². The van der Waals surface area contributed by atoms with Gasteiger partial charge < -0.3 is 15.5 Å². The number of halogens is 4. The fourth-order valence-corrected chi connectivity index (χ4v) is 5.69. The normalized spacial score (nSPS) is 14.2. The number of amides is 1. The summed E-state index contributed by atoms with van der Waals surface area (Å²) in [5.74, 6) is 3.85. The van der Waals surface area contributed by atoms with Gasteiger partial charge in [-0.2, -0.15) is 18.3 Å². The molecule has 6 rings (SSSR count). The highest BCUT2D eigenvalue weighted by Gasteiger charge is 2.40. The lowest BCUT2D eigenvalue weighted by molar-refractivity contribution is -0.139. The molecule has 47 heavy (non-hydrogen) atoms. The van der Waals surface area contributed by atoms with Crippen LogP contribution in [0.3, 0.4) is 0 Å². The molecule has 9 nitrogen and oxygen atoms in total. The van der Waals surface area contributed by atoms with Crippen LogP contribution < -0.4 is 10.6 Å². The molecular formula is C34H32F4N8O. The number of pyridine rings is 1. The summed E-state index contributed by atoms with van der Waals surface area (Å²) < 4.78 is 64.5. The summed E-state index contributed by atoms with van der Waals surface area (Å²) in [4.78, 5) is 21.5. The number of alkyl halides is 3. The zero-order chi connectivity index (χ0) is 33.3. The minimum Gasteiger partial charge on any atom is -0.350 e. The number of rotatable bonds is 6. The Hall–Kier alpha value is -5.19. The Labute approximate surface area is 268 Å². The molecule has 242 valence electrons. The Morgan fingerprint density at radius 1 is 1.00 bits per heavy atom. The molecule has 0 atom stereocenters. The largest absolute Gasteiger partial charge is 0.417 e. The van der Waals surface area contributed by atoms with Crippen LogP contribution in [-0.2, 0) is 19.8 Å². The second kappa shape index (κ2) is 12.9. The monoisotopic (exact) mass is 644 g/mol. The van der Waals surface area contributed by atoms with Crippen molar-refractivity contribution < 1.29 is 22.4 Å². The number of imidazole rings is 1. The highest BCUT2D eigenvalue weighted by molar-refractivity contribution is 6.05. The molecule has 0 bridgehead atoms. The summed E-state index contributed by atoms with van der Waals surface area (Å²) in [6.07, 6.45) is 1.79. The van der Waals surface area contributed by atoms with Crippen LogP contribution in [0.2, 0.25) is 0 Å². The van der Waals surface area contributed by atoms with Crippen LogP contribution in [0, 0.1) is 24.6 Å². The van der Waals surface area contributed by atoms with Gasteiger partial charge in [-0.05, 0) is 55.3 Å². The van der Waals surface area contributed by atoms with Gasteiger partial charge in [0.15, 0.2) is 11.5 Å². The summed E-state index contributed by atoms with van der Waals surface area (Å²) in [6, 6.07) is 11.5. The standard InChI is InChI=1S/C34H32F4N8O/c1-22-29(34(36,37)38)27(21-45-16-14-43(2)15-17-45)26(30(35)31(22)42-33(47)23-8-5-4-6-9-23)12-11-25-19-39-32-28(10-7-13-46(25)32)41-24-18-40-44(3)20-24/h4-10,13,18-20,41H,14-17,21H2,1-3H3,(H,42,47). The lowest BCUT2D eigenvalue weighted by atomic mass is 9.92. The molecule has 5 aromatic rings. The number of benzene rings is 2. The van der Waals surface area contributed by atoms with Crippen molar-refractivity contribution in [2.45, 2.75) is 19.6 Å². The van der Waals surface area contributed by atoms with Gasteiger partial charge in [0.1, 0.15) is 5.69 Å². The van der Waals surface area contributed by atoms with E-state index >= 15 is 4.39 Å². The summed E-state index contributed by atoms with van der Waals surface area (Å²) in [7, 11) is 3.73. The molecule has 3 aromatic heterocycles. The third kappa shape index (κ3) is 6.70. The van der Waals surface area contributed by atoms with Crippen molar-refractivity contribution in [1.82, 2.24) is 29.0 Å². The van der Waals surface area contributed by atoms with Crippen molar-refractivity contribution in [3.8, 4) is 11.8 Å². The second-order valence-corrected chi connectivity index (χ2v) is 11.5. The number of carbonyl (C=O) groups excluding carboxylic acids is 1. The van der Waals surface area contributed by atoms with Crippen LogP contribution in [0.5, 0.6) is 0 Å². The molecule has 0 spiro atoms. The Bertz CT molecular complexity index is 2000. The van der Waals surface area contributed by atoms with E-state index in [0.29, 0.717) is 43.2 Å². The fourth-order valence-electron chi connectivity index (χ4n) is 5.69. The van der Waals surface area contributed by atoms with Gasteiger partial charge in [-0.3, -0.25) is 18.8 Å². The van der Waals surface area contributed by atoms with Crippen LogP contribution in [0.1, 0.15) is 38.3 Å². The molecule has 2 N–H and O–H groups in total. The molecule has 0 aliphatic carbocycles. The molecule has 2 aromatic carbocycles. The SMILES string of the molecule is Cc1c(NC(=O)c2ccccc2)c(F)c(C#Cc2cnc3c(Nc4cnn(C)c4)cccn23)c(CN2CCN(C)CC2)c1C(F)(F)F. The minimum atomic E-state index is -4.85. The lowest BCUT2D eigenvalue weighted by Gasteiger charge is -2.33. The Balaban J connectivity index is 1.48. The molecule has 1 saturated heterocycles. The van der Waals surface area contributed by atoms with Crippen LogP contribution in [0.4, 0.5) is 34.6 Å². The highest BCUT2D eigenvalue weighted by Crippen LogP contribution is 2.41. The van der Waals surface area contributed by atoms with Gasteiger partial charge in [0.25, 0.3) is 5.91 Å². The van der Waals surface area contributed by atoms with Crippen LogP contribution in [0.25, 0.3) is 5.65 Å². The molecular weight excluding hydrogens is 612 g/mol. The van der Waals surface area contributed by atoms with Crippen molar-refractivity contribution in [2.24, 2.45) is 7.05 Å². The quantitative estimate of drug-likeness (QED) is 0.183. The molecule has 0 unspecified atom stereocenters. The third-order valence-electron chi connectivity index (χ3n) is 8.16. The van der Waals surface area contributed by atoms with Crippen molar-refractivity contribution in [2.75, 3.05) is 43.9 Å². The average Bonchev–Trinajstić information content (AvgIpc) is 3.65. The van der Waals surface area contributed by atoms with E-state index < -0.39 is 40.3 Å². The summed E-state index contributed by atoms with van der Waals surface area (Å²) in [5.41, 5.74) is -0.263. The average molecular weight is 645 g/mol. The number of likely N-dealkylation sites (N-methyl/N-ethyl adjacent to an activating group) is 1. The molecule has 4 heterocycles. The van der Waals surface area contributed by atoms with Crippen molar-refractivity contribution >= 4 is 28.6 Å². The molecule has 13 heteroatoms. The van der Waals surface area contributed by atoms with Gasteiger partial charge in [0, 0.05) is 57.7 Å². The number of carbonyl (C=O) groups is 1. The first-order valence-corrected chi connectivity index (χ1v) is 14.9. The van der Waals surface area contributed by atoms with Gasteiger partial charge in [-0.1, -0.05) is 24.1 Å². The van der Waals surface area contributed by atoms with Crippen LogP contribution in [-0.4, -0.2) is 68.1 Å². The number of piperazine rings is 1. The van der Waals surface area contributed by atoms with Gasteiger partial charge in [-0.25, -0.2) is 9.37 Å². The molecule has 1 fully saturated rings. The molecule has 1 amide bonds. The molecule has 0 radical (unpaired) electrons. The Kier molecular flexibility index (Phi) is 8.72.